The molecule has 2 unspecified atom stereocenters. The van der Waals surface area contributed by atoms with E-state index in [0.29, 0.717) is 6.42 Å². The second-order valence-corrected chi connectivity index (χ2v) is 7.18. The zero-order chi connectivity index (χ0) is 18.0. The molecule has 2 atom stereocenters. The topological polar surface area (TPSA) is 58.4 Å². The molecule has 1 saturated heterocycles. The van der Waals surface area contributed by atoms with Gasteiger partial charge in [-0.1, -0.05) is 29.8 Å². The van der Waals surface area contributed by atoms with Crippen LogP contribution in [0, 0.1) is 20.8 Å². The summed E-state index contributed by atoms with van der Waals surface area (Å²) in [5.74, 6) is 1.02. The van der Waals surface area contributed by atoms with E-state index in [-0.39, 0.29) is 17.9 Å². The van der Waals surface area contributed by atoms with Crippen LogP contribution in [0.2, 0.25) is 0 Å². The minimum absolute atomic E-state index is 0.100. The van der Waals surface area contributed by atoms with E-state index in [1.165, 1.54) is 11.3 Å². The number of hydrogen-bond donors (Lipinski definition) is 1. The Labute approximate surface area is 149 Å². The average molecular weight is 341 g/mol. The number of anilines is 1. The molecule has 1 aromatic carbocycles. The molecule has 0 bridgehead atoms. The fourth-order valence-corrected chi connectivity index (χ4v) is 3.73. The Balaban J connectivity index is 1.53. The lowest BCUT2D eigenvalue weighted by Gasteiger charge is -2.20. The van der Waals surface area contributed by atoms with Crippen LogP contribution >= 0.6 is 0 Å². The van der Waals surface area contributed by atoms with Gasteiger partial charge in [0.25, 0.3) is 0 Å². The predicted octanol–water partition coefficient (Wildman–Crippen LogP) is 3.49. The van der Waals surface area contributed by atoms with Gasteiger partial charge < -0.3 is 14.7 Å². The number of benzene rings is 1. The molecule has 5 heteroatoms. The van der Waals surface area contributed by atoms with Crippen LogP contribution in [0.15, 0.2) is 28.8 Å². The molecular weight excluding hydrogens is 314 g/mol. The normalized spacial score (nSPS) is 18.4. The Morgan fingerprint density at radius 1 is 1.32 bits per heavy atom. The quantitative estimate of drug-likeness (QED) is 0.904. The lowest BCUT2D eigenvalue weighted by atomic mass is 9.96. The monoisotopic (exact) mass is 341 g/mol. The molecule has 0 aliphatic carbocycles. The van der Waals surface area contributed by atoms with Crippen molar-refractivity contribution in [3.05, 3.63) is 46.8 Å². The van der Waals surface area contributed by atoms with Crippen LogP contribution in [0.4, 0.5) is 5.69 Å². The van der Waals surface area contributed by atoms with Gasteiger partial charge in [0, 0.05) is 36.8 Å². The first-order valence-corrected chi connectivity index (χ1v) is 8.97. The maximum absolute atomic E-state index is 12.4. The van der Waals surface area contributed by atoms with E-state index in [4.69, 9.17) is 4.52 Å². The van der Waals surface area contributed by atoms with Crippen molar-refractivity contribution in [2.75, 3.05) is 18.0 Å². The van der Waals surface area contributed by atoms with Crippen molar-refractivity contribution in [3.63, 3.8) is 0 Å². The summed E-state index contributed by atoms with van der Waals surface area (Å²) in [6.45, 7) is 9.83. The number of aromatic nitrogens is 1. The van der Waals surface area contributed by atoms with Crippen molar-refractivity contribution >= 4 is 11.6 Å². The summed E-state index contributed by atoms with van der Waals surface area (Å²) in [7, 11) is 0. The maximum Gasteiger partial charge on any atom is 0.220 e. The van der Waals surface area contributed by atoms with E-state index in [2.05, 4.69) is 53.5 Å². The molecule has 134 valence electrons. The van der Waals surface area contributed by atoms with Gasteiger partial charge in [-0.2, -0.15) is 0 Å². The Morgan fingerprint density at radius 3 is 2.68 bits per heavy atom. The molecule has 5 nitrogen and oxygen atoms in total. The number of nitrogens with one attached hydrogen (secondary N) is 1. The van der Waals surface area contributed by atoms with E-state index in [9.17, 15) is 4.79 Å². The lowest BCUT2D eigenvalue weighted by molar-refractivity contribution is -0.122. The van der Waals surface area contributed by atoms with Crippen molar-refractivity contribution in [3.8, 4) is 0 Å². The minimum atomic E-state index is 0.100. The molecule has 0 spiro atoms. The molecule has 1 aliphatic heterocycles. The van der Waals surface area contributed by atoms with Crippen molar-refractivity contribution in [2.24, 2.45) is 0 Å². The zero-order valence-corrected chi connectivity index (χ0v) is 15.5. The molecule has 1 N–H and O–H groups in total. The smallest absolute Gasteiger partial charge is 0.220 e. The zero-order valence-electron chi connectivity index (χ0n) is 15.5. The number of rotatable bonds is 5. The number of amides is 1. The Morgan fingerprint density at radius 2 is 2.04 bits per heavy atom. The van der Waals surface area contributed by atoms with Gasteiger partial charge in [-0.15, -0.1) is 0 Å². The van der Waals surface area contributed by atoms with Crippen LogP contribution in [0.25, 0.3) is 0 Å². The molecule has 25 heavy (non-hydrogen) atoms. The van der Waals surface area contributed by atoms with Gasteiger partial charge in [-0.25, -0.2) is 0 Å². The van der Waals surface area contributed by atoms with Gasteiger partial charge in [0.15, 0.2) is 0 Å². The third kappa shape index (κ3) is 4.03. The van der Waals surface area contributed by atoms with Gasteiger partial charge in [0.2, 0.25) is 5.91 Å². The van der Waals surface area contributed by atoms with Crippen molar-refractivity contribution in [2.45, 2.75) is 52.5 Å². The third-order valence-corrected chi connectivity index (χ3v) is 5.03. The first-order valence-electron chi connectivity index (χ1n) is 8.97. The fraction of sp³-hybridized carbons (Fsp3) is 0.500. The van der Waals surface area contributed by atoms with Crippen LogP contribution in [-0.2, 0) is 4.79 Å². The van der Waals surface area contributed by atoms with Gasteiger partial charge in [-0.05, 0) is 45.2 Å². The first kappa shape index (κ1) is 17.5. The number of carbonyl (C=O) groups is 1. The molecule has 3 rings (SSSR count). The second-order valence-electron chi connectivity index (χ2n) is 7.18. The molecular formula is C20H27N3O2. The predicted molar refractivity (Wildman–Crippen MR) is 98.9 cm³/mol. The average Bonchev–Trinajstić information content (AvgIpc) is 3.14. The number of aryl methyl sites for hydroxylation is 3. The fourth-order valence-electron chi connectivity index (χ4n) is 3.73. The summed E-state index contributed by atoms with van der Waals surface area (Å²) in [4.78, 5) is 14.8. The van der Waals surface area contributed by atoms with Crippen LogP contribution in [0.1, 0.15) is 48.3 Å². The highest BCUT2D eigenvalue weighted by Gasteiger charge is 2.25. The van der Waals surface area contributed by atoms with Crippen molar-refractivity contribution in [1.82, 2.24) is 10.5 Å². The van der Waals surface area contributed by atoms with E-state index in [1.54, 1.807) is 0 Å². The Kier molecular flexibility index (Phi) is 5.11. The molecule has 1 amide bonds. The summed E-state index contributed by atoms with van der Waals surface area (Å²) in [5.41, 5.74) is 4.43. The SMILES string of the molecule is Cc1ccc(N2CCC(NC(=O)CC(C)c3c(C)noc3C)C2)cc1. The van der Waals surface area contributed by atoms with Crippen LogP contribution in [-0.4, -0.2) is 30.2 Å². The summed E-state index contributed by atoms with van der Waals surface area (Å²) in [5, 5.41) is 7.17. The van der Waals surface area contributed by atoms with Crippen molar-refractivity contribution in [1.29, 1.82) is 0 Å². The molecule has 2 heterocycles. The largest absolute Gasteiger partial charge is 0.369 e. The van der Waals surface area contributed by atoms with E-state index < -0.39 is 0 Å². The first-order chi connectivity index (χ1) is 11.9. The standard InChI is InChI=1S/C20H27N3O2/c1-13-5-7-18(8-6-13)23-10-9-17(12-23)21-19(24)11-14(2)20-15(3)22-25-16(20)4/h5-8,14,17H,9-12H2,1-4H3,(H,21,24). The summed E-state index contributed by atoms with van der Waals surface area (Å²) in [6.07, 6.45) is 1.45. The number of hydrogen-bond acceptors (Lipinski definition) is 4. The van der Waals surface area contributed by atoms with Crippen molar-refractivity contribution < 1.29 is 9.32 Å². The second kappa shape index (κ2) is 7.30. The van der Waals surface area contributed by atoms with Gasteiger partial charge in [0.1, 0.15) is 5.76 Å². The molecule has 1 aliphatic rings. The van der Waals surface area contributed by atoms with Crippen LogP contribution in [0.5, 0.6) is 0 Å². The summed E-state index contributed by atoms with van der Waals surface area (Å²) in [6, 6.07) is 8.78. The van der Waals surface area contributed by atoms with Crippen LogP contribution < -0.4 is 10.2 Å². The maximum atomic E-state index is 12.4. The molecule has 0 radical (unpaired) electrons. The third-order valence-electron chi connectivity index (χ3n) is 5.03. The Hall–Kier alpha value is -2.30. The van der Waals surface area contributed by atoms with E-state index >= 15 is 0 Å². The van der Waals surface area contributed by atoms with Crippen LogP contribution in [0.3, 0.4) is 0 Å². The van der Waals surface area contributed by atoms with Gasteiger partial charge in [-0.3, -0.25) is 4.79 Å². The lowest BCUT2D eigenvalue weighted by Crippen LogP contribution is -2.37. The highest BCUT2D eigenvalue weighted by atomic mass is 16.5. The van der Waals surface area contributed by atoms with Gasteiger partial charge in [0.05, 0.1) is 5.69 Å². The minimum Gasteiger partial charge on any atom is -0.369 e. The summed E-state index contributed by atoms with van der Waals surface area (Å²) >= 11 is 0. The number of carbonyl (C=O) groups excluding carboxylic acids is 1. The Bertz CT molecular complexity index is 716. The molecule has 1 aromatic heterocycles. The summed E-state index contributed by atoms with van der Waals surface area (Å²) < 4.78 is 5.21. The van der Waals surface area contributed by atoms with E-state index in [1.807, 2.05) is 13.8 Å². The molecule has 2 aromatic rings. The molecule has 0 saturated carbocycles. The number of nitrogens with zero attached hydrogens (tertiary/aromatic N) is 2. The highest BCUT2D eigenvalue weighted by Crippen LogP contribution is 2.26. The van der Waals surface area contributed by atoms with E-state index in [0.717, 1.165) is 36.5 Å². The molecule has 1 fully saturated rings. The van der Waals surface area contributed by atoms with Gasteiger partial charge >= 0.3 is 0 Å². The highest BCUT2D eigenvalue weighted by molar-refractivity contribution is 5.77.